The Labute approximate surface area is 119 Å². The fraction of sp³-hybridized carbons (Fsp3) is 0.600. The van der Waals surface area contributed by atoms with Gasteiger partial charge in [-0.3, -0.25) is 4.90 Å². The second-order valence-corrected chi connectivity index (χ2v) is 5.73. The van der Waals surface area contributed by atoms with Gasteiger partial charge in [0.15, 0.2) is 0 Å². The van der Waals surface area contributed by atoms with Gasteiger partial charge in [0.1, 0.15) is 0 Å². The van der Waals surface area contributed by atoms with Crippen molar-refractivity contribution in [3.8, 4) is 0 Å². The van der Waals surface area contributed by atoms with E-state index < -0.39 is 6.43 Å². The first-order valence-electron chi connectivity index (χ1n) is 6.78. The van der Waals surface area contributed by atoms with E-state index in [1.54, 1.807) is 4.90 Å². The maximum Gasteiger partial charge on any atom is 0.251 e. The Hall–Kier alpha value is -1.04. The Morgan fingerprint density at radius 1 is 1.25 bits per heavy atom. The van der Waals surface area contributed by atoms with Gasteiger partial charge in [0.2, 0.25) is 0 Å². The molecule has 0 spiro atoms. The molecule has 1 rings (SSSR count). The SMILES string of the molecule is CC(C)(CN(CCO)CC(F)F)C(N)c1ccccc1. The van der Waals surface area contributed by atoms with Crippen LogP contribution in [0.1, 0.15) is 25.5 Å². The number of hydrogen-bond acceptors (Lipinski definition) is 3. The molecule has 0 aliphatic rings. The van der Waals surface area contributed by atoms with Crippen molar-refractivity contribution in [3.05, 3.63) is 35.9 Å². The van der Waals surface area contributed by atoms with E-state index in [9.17, 15) is 8.78 Å². The third-order valence-corrected chi connectivity index (χ3v) is 3.44. The van der Waals surface area contributed by atoms with Crippen molar-refractivity contribution in [2.24, 2.45) is 11.1 Å². The summed E-state index contributed by atoms with van der Waals surface area (Å²) in [7, 11) is 0. The Morgan fingerprint density at radius 2 is 1.85 bits per heavy atom. The number of halogens is 2. The molecule has 0 aliphatic carbocycles. The molecular weight excluding hydrogens is 262 g/mol. The van der Waals surface area contributed by atoms with Crippen molar-refractivity contribution in [2.45, 2.75) is 26.3 Å². The molecule has 0 heterocycles. The quantitative estimate of drug-likeness (QED) is 0.771. The van der Waals surface area contributed by atoms with E-state index in [4.69, 9.17) is 10.8 Å². The van der Waals surface area contributed by atoms with E-state index in [0.29, 0.717) is 6.54 Å². The van der Waals surface area contributed by atoms with Crippen LogP contribution in [0.4, 0.5) is 8.78 Å². The Morgan fingerprint density at radius 3 is 2.35 bits per heavy atom. The molecular formula is C15H24F2N2O. The average molecular weight is 286 g/mol. The lowest BCUT2D eigenvalue weighted by Gasteiger charge is -2.37. The molecule has 3 N–H and O–H groups in total. The van der Waals surface area contributed by atoms with E-state index in [-0.39, 0.29) is 31.2 Å². The minimum atomic E-state index is -2.41. The summed E-state index contributed by atoms with van der Waals surface area (Å²) < 4.78 is 25.1. The van der Waals surface area contributed by atoms with Gasteiger partial charge in [-0.25, -0.2) is 8.78 Å². The maximum absolute atomic E-state index is 12.6. The van der Waals surface area contributed by atoms with Gasteiger partial charge in [-0.2, -0.15) is 0 Å². The molecule has 0 fully saturated rings. The van der Waals surface area contributed by atoms with Crippen LogP contribution in [0, 0.1) is 5.41 Å². The second kappa shape index (κ2) is 7.67. The molecule has 0 saturated heterocycles. The molecule has 0 bridgehead atoms. The van der Waals surface area contributed by atoms with Gasteiger partial charge in [-0.15, -0.1) is 0 Å². The van der Waals surface area contributed by atoms with Crippen molar-refractivity contribution < 1.29 is 13.9 Å². The van der Waals surface area contributed by atoms with Gasteiger partial charge in [-0.05, 0) is 11.0 Å². The van der Waals surface area contributed by atoms with Crippen molar-refractivity contribution >= 4 is 0 Å². The number of hydrogen-bond donors (Lipinski definition) is 2. The summed E-state index contributed by atoms with van der Waals surface area (Å²) in [6, 6.07) is 9.37. The van der Waals surface area contributed by atoms with Gasteiger partial charge in [-0.1, -0.05) is 44.2 Å². The van der Waals surface area contributed by atoms with Crippen LogP contribution in [0.25, 0.3) is 0 Å². The Kier molecular flexibility index (Phi) is 6.52. The number of nitrogens with zero attached hydrogens (tertiary/aromatic N) is 1. The molecule has 0 radical (unpaired) electrons. The first-order valence-corrected chi connectivity index (χ1v) is 6.78. The molecule has 0 aromatic heterocycles. The highest BCUT2D eigenvalue weighted by Crippen LogP contribution is 2.32. The Balaban J connectivity index is 2.75. The van der Waals surface area contributed by atoms with Gasteiger partial charge in [0.25, 0.3) is 6.43 Å². The molecule has 1 aromatic rings. The molecule has 0 amide bonds. The van der Waals surface area contributed by atoms with Crippen LogP contribution < -0.4 is 5.73 Å². The largest absolute Gasteiger partial charge is 0.395 e. The zero-order valence-corrected chi connectivity index (χ0v) is 12.1. The number of alkyl halides is 2. The van der Waals surface area contributed by atoms with Crippen molar-refractivity contribution in [1.82, 2.24) is 4.90 Å². The molecule has 1 atom stereocenters. The van der Waals surface area contributed by atoms with Crippen molar-refractivity contribution in [2.75, 3.05) is 26.2 Å². The predicted octanol–water partition coefficient (Wildman–Crippen LogP) is 2.27. The zero-order chi connectivity index (χ0) is 15.2. The molecule has 1 unspecified atom stereocenters. The highest BCUT2D eigenvalue weighted by atomic mass is 19.3. The summed E-state index contributed by atoms with van der Waals surface area (Å²) in [6.07, 6.45) is -2.41. The van der Waals surface area contributed by atoms with Gasteiger partial charge in [0.05, 0.1) is 13.2 Å². The van der Waals surface area contributed by atoms with Crippen LogP contribution in [0.15, 0.2) is 30.3 Å². The van der Waals surface area contributed by atoms with Crippen LogP contribution in [0.5, 0.6) is 0 Å². The Bertz CT molecular complexity index is 385. The fourth-order valence-corrected chi connectivity index (χ4v) is 2.36. The minimum Gasteiger partial charge on any atom is -0.395 e. The van der Waals surface area contributed by atoms with E-state index in [2.05, 4.69) is 0 Å². The summed E-state index contributed by atoms with van der Waals surface area (Å²) >= 11 is 0. The fourth-order valence-electron chi connectivity index (χ4n) is 2.36. The highest BCUT2D eigenvalue weighted by molar-refractivity contribution is 5.20. The van der Waals surface area contributed by atoms with Crippen LogP contribution in [0.2, 0.25) is 0 Å². The van der Waals surface area contributed by atoms with Crippen molar-refractivity contribution in [3.63, 3.8) is 0 Å². The summed E-state index contributed by atoms with van der Waals surface area (Å²) in [4.78, 5) is 1.56. The summed E-state index contributed by atoms with van der Waals surface area (Å²) in [6.45, 7) is 4.08. The molecule has 1 aromatic carbocycles. The lowest BCUT2D eigenvalue weighted by Crippen LogP contribution is -2.43. The molecule has 0 aliphatic heterocycles. The van der Waals surface area contributed by atoms with Crippen molar-refractivity contribution in [1.29, 1.82) is 0 Å². The van der Waals surface area contributed by atoms with E-state index in [1.165, 1.54) is 0 Å². The number of benzene rings is 1. The van der Waals surface area contributed by atoms with Crippen LogP contribution in [-0.4, -0.2) is 42.7 Å². The number of aliphatic hydroxyl groups excluding tert-OH is 1. The first-order chi connectivity index (χ1) is 9.36. The standard InChI is InChI=1S/C15H24F2N2O/c1-15(2,11-19(8-9-20)10-13(16)17)14(18)12-6-4-3-5-7-12/h3-7,13-14,20H,8-11,18H2,1-2H3. The second-order valence-electron chi connectivity index (χ2n) is 5.73. The van der Waals surface area contributed by atoms with Gasteiger partial charge >= 0.3 is 0 Å². The van der Waals surface area contributed by atoms with Gasteiger partial charge in [0, 0.05) is 19.1 Å². The van der Waals surface area contributed by atoms with E-state index in [1.807, 2.05) is 44.2 Å². The summed E-state index contributed by atoms with van der Waals surface area (Å²) in [5, 5.41) is 8.98. The van der Waals surface area contributed by atoms with E-state index >= 15 is 0 Å². The lowest BCUT2D eigenvalue weighted by atomic mass is 9.80. The molecule has 3 nitrogen and oxygen atoms in total. The zero-order valence-electron chi connectivity index (χ0n) is 12.1. The molecule has 20 heavy (non-hydrogen) atoms. The minimum absolute atomic E-state index is 0.136. The third-order valence-electron chi connectivity index (χ3n) is 3.44. The number of nitrogens with two attached hydrogens (primary N) is 1. The topological polar surface area (TPSA) is 49.5 Å². The third kappa shape index (κ3) is 5.15. The van der Waals surface area contributed by atoms with Crippen LogP contribution in [0.3, 0.4) is 0 Å². The first kappa shape index (κ1) is 17.0. The molecule has 0 saturated carbocycles. The van der Waals surface area contributed by atoms with E-state index in [0.717, 1.165) is 5.56 Å². The molecule has 5 heteroatoms. The normalized spacial score (nSPS) is 14.0. The van der Waals surface area contributed by atoms with Crippen LogP contribution >= 0.6 is 0 Å². The van der Waals surface area contributed by atoms with Crippen LogP contribution in [-0.2, 0) is 0 Å². The van der Waals surface area contributed by atoms with Gasteiger partial charge < -0.3 is 10.8 Å². The number of rotatable bonds is 8. The molecule has 114 valence electrons. The monoisotopic (exact) mass is 286 g/mol. The summed E-state index contributed by atoms with van der Waals surface area (Å²) in [5.41, 5.74) is 6.89. The smallest absolute Gasteiger partial charge is 0.251 e. The predicted molar refractivity (Wildman–Crippen MR) is 76.7 cm³/mol. The lowest BCUT2D eigenvalue weighted by molar-refractivity contribution is 0.0522. The summed E-state index contributed by atoms with van der Waals surface area (Å²) in [5.74, 6) is 0. The number of aliphatic hydroxyl groups is 1. The average Bonchev–Trinajstić information content (AvgIpc) is 2.38. The maximum atomic E-state index is 12.6. The highest BCUT2D eigenvalue weighted by Gasteiger charge is 2.30.